The predicted octanol–water partition coefficient (Wildman–Crippen LogP) is -0.236. The molecular weight excluding hydrogens is 142 g/mol. The van der Waals surface area contributed by atoms with Gasteiger partial charge in [0.15, 0.2) is 0 Å². The third kappa shape index (κ3) is 6.05. The van der Waals surface area contributed by atoms with E-state index in [2.05, 4.69) is 0 Å². The first-order valence-corrected chi connectivity index (χ1v) is 2.77. The highest BCUT2D eigenvalue weighted by molar-refractivity contribution is 5.85. The van der Waals surface area contributed by atoms with Crippen molar-refractivity contribution in [1.82, 2.24) is 0 Å². The van der Waals surface area contributed by atoms with Crippen LogP contribution >= 0.6 is 12.4 Å². The van der Waals surface area contributed by atoms with Gasteiger partial charge in [-0.15, -0.1) is 12.4 Å². The second-order valence-electron chi connectivity index (χ2n) is 1.50. The molecule has 0 aromatic heterocycles. The summed E-state index contributed by atoms with van der Waals surface area (Å²) in [4.78, 5) is 0. The minimum Gasteiger partial charge on any atom is -0.394 e. The van der Waals surface area contributed by atoms with Gasteiger partial charge in [0.2, 0.25) is 0 Å². The topological polar surface area (TPSA) is 55.5 Å². The number of halogens is 1. The molecule has 4 heteroatoms. The largest absolute Gasteiger partial charge is 0.394 e. The Labute approximate surface area is 61.6 Å². The van der Waals surface area contributed by atoms with Gasteiger partial charge in [-0.3, -0.25) is 0 Å². The maximum atomic E-state index is 8.45. The summed E-state index contributed by atoms with van der Waals surface area (Å²) in [6.45, 7) is 2.90. The number of aliphatic hydroxyl groups is 1. The maximum Gasteiger partial charge on any atom is 0.0927 e. The fourth-order valence-corrected chi connectivity index (χ4v) is 0.431. The quantitative estimate of drug-likeness (QED) is 0.590. The average molecular weight is 156 g/mol. The number of ether oxygens (including phenoxy) is 1. The molecule has 0 bridgehead atoms. The van der Waals surface area contributed by atoms with Gasteiger partial charge in [-0.2, -0.15) is 0 Å². The van der Waals surface area contributed by atoms with Gasteiger partial charge in [-0.05, 0) is 6.92 Å². The molecule has 0 aliphatic rings. The van der Waals surface area contributed by atoms with Crippen LogP contribution in [0.5, 0.6) is 0 Å². The summed E-state index contributed by atoms with van der Waals surface area (Å²) < 4.78 is 4.97. The van der Waals surface area contributed by atoms with Crippen molar-refractivity contribution >= 4 is 12.4 Å². The molecule has 0 fully saturated rings. The average Bonchev–Trinajstić information content (AvgIpc) is 1.83. The molecule has 0 saturated heterocycles. The first-order chi connectivity index (χ1) is 3.85. The van der Waals surface area contributed by atoms with E-state index in [9.17, 15) is 0 Å². The Morgan fingerprint density at radius 1 is 1.67 bits per heavy atom. The highest BCUT2D eigenvalue weighted by Crippen LogP contribution is 1.84. The third-order valence-corrected chi connectivity index (χ3v) is 0.869. The van der Waals surface area contributed by atoms with Crippen LogP contribution in [0, 0.1) is 0 Å². The Bertz CT molecular complexity index is 50.2. The number of hydrogen-bond acceptors (Lipinski definition) is 3. The van der Waals surface area contributed by atoms with Crippen LogP contribution in [0.3, 0.4) is 0 Å². The second kappa shape index (κ2) is 8.17. The van der Waals surface area contributed by atoms with Crippen molar-refractivity contribution in [3.05, 3.63) is 0 Å². The Morgan fingerprint density at radius 3 is 2.33 bits per heavy atom. The summed E-state index contributed by atoms with van der Waals surface area (Å²) in [6, 6.07) is 0. The van der Waals surface area contributed by atoms with E-state index in [1.165, 1.54) is 0 Å². The minimum absolute atomic E-state index is 0. The van der Waals surface area contributed by atoms with Crippen LogP contribution in [0.2, 0.25) is 0 Å². The van der Waals surface area contributed by atoms with Crippen molar-refractivity contribution in [3.63, 3.8) is 0 Å². The lowest BCUT2D eigenvalue weighted by molar-refractivity contribution is 0.0261. The molecule has 0 aromatic carbocycles. The van der Waals surface area contributed by atoms with Crippen molar-refractivity contribution in [2.24, 2.45) is 5.73 Å². The van der Waals surface area contributed by atoms with Gasteiger partial charge in [-0.25, -0.2) is 0 Å². The monoisotopic (exact) mass is 155 g/mol. The van der Waals surface area contributed by atoms with Crippen molar-refractivity contribution < 1.29 is 9.84 Å². The normalized spacial score (nSPS) is 12.3. The molecule has 0 heterocycles. The molecule has 0 rings (SSSR count). The van der Waals surface area contributed by atoms with Crippen LogP contribution < -0.4 is 5.73 Å². The molecule has 3 N–H and O–H groups in total. The highest BCUT2D eigenvalue weighted by Gasteiger charge is 2.00. The van der Waals surface area contributed by atoms with Crippen LogP contribution in [0.4, 0.5) is 0 Å². The molecule has 0 spiro atoms. The minimum atomic E-state index is -0.167. The zero-order valence-electron chi connectivity index (χ0n) is 5.54. The summed E-state index contributed by atoms with van der Waals surface area (Å²) in [5.41, 5.74) is 5.18. The van der Waals surface area contributed by atoms with Gasteiger partial charge in [0.05, 0.1) is 12.7 Å². The summed E-state index contributed by atoms with van der Waals surface area (Å²) in [5, 5.41) is 8.45. The van der Waals surface area contributed by atoms with E-state index >= 15 is 0 Å². The first kappa shape index (κ1) is 11.9. The Kier molecular flexibility index (Phi) is 10.8. The van der Waals surface area contributed by atoms with Crippen molar-refractivity contribution in [1.29, 1.82) is 0 Å². The van der Waals surface area contributed by atoms with E-state index in [1.807, 2.05) is 6.92 Å². The Balaban J connectivity index is 0. The van der Waals surface area contributed by atoms with Gasteiger partial charge in [0, 0.05) is 13.2 Å². The SMILES string of the molecule is CCOC(CN)CO.Cl. The van der Waals surface area contributed by atoms with Crippen molar-refractivity contribution in [3.8, 4) is 0 Å². The van der Waals surface area contributed by atoms with E-state index in [4.69, 9.17) is 15.6 Å². The zero-order valence-corrected chi connectivity index (χ0v) is 6.36. The lowest BCUT2D eigenvalue weighted by Gasteiger charge is -2.09. The summed E-state index contributed by atoms with van der Waals surface area (Å²) in [5.74, 6) is 0. The van der Waals surface area contributed by atoms with Crippen LogP contribution in [0.1, 0.15) is 6.92 Å². The van der Waals surface area contributed by atoms with Gasteiger partial charge >= 0.3 is 0 Å². The molecule has 58 valence electrons. The van der Waals surface area contributed by atoms with E-state index in [-0.39, 0.29) is 25.1 Å². The van der Waals surface area contributed by atoms with Gasteiger partial charge in [0.25, 0.3) is 0 Å². The van der Waals surface area contributed by atoms with E-state index in [1.54, 1.807) is 0 Å². The Morgan fingerprint density at radius 2 is 2.22 bits per heavy atom. The molecule has 0 aromatic rings. The van der Waals surface area contributed by atoms with E-state index in [0.717, 1.165) is 0 Å². The molecule has 9 heavy (non-hydrogen) atoms. The zero-order chi connectivity index (χ0) is 6.41. The molecular formula is C5H14ClNO2. The number of hydrogen-bond donors (Lipinski definition) is 2. The van der Waals surface area contributed by atoms with Crippen LogP contribution in [0.15, 0.2) is 0 Å². The fourth-order valence-electron chi connectivity index (χ4n) is 0.431. The van der Waals surface area contributed by atoms with E-state index in [0.29, 0.717) is 13.2 Å². The molecule has 3 nitrogen and oxygen atoms in total. The molecule has 1 unspecified atom stereocenters. The lowest BCUT2D eigenvalue weighted by atomic mass is 10.4. The summed E-state index contributed by atoms with van der Waals surface area (Å²) in [7, 11) is 0. The van der Waals surface area contributed by atoms with Crippen LogP contribution in [-0.4, -0.2) is 31.0 Å². The lowest BCUT2D eigenvalue weighted by Crippen LogP contribution is -2.27. The molecule has 0 radical (unpaired) electrons. The molecule has 0 amide bonds. The number of rotatable bonds is 4. The predicted molar refractivity (Wildman–Crippen MR) is 38.8 cm³/mol. The smallest absolute Gasteiger partial charge is 0.0927 e. The molecule has 1 atom stereocenters. The standard InChI is InChI=1S/C5H13NO2.ClH/c1-2-8-5(3-6)4-7;/h5,7H,2-4,6H2,1H3;1H. The second-order valence-corrected chi connectivity index (χ2v) is 1.50. The summed E-state index contributed by atoms with van der Waals surface area (Å²) in [6.07, 6.45) is -0.167. The molecule has 0 saturated carbocycles. The van der Waals surface area contributed by atoms with Crippen molar-refractivity contribution in [2.45, 2.75) is 13.0 Å². The van der Waals surface area contributed by atoms with Crippen LogP contribution in [0.25, 0.3) is 0 Å². The van der Waals surface area contributed by atoms with Gasteiger partial charge in [-0.1, -0.05) is 0 Å². The van der Waals surface area contributed by atoms with Gasteiger partial charge in [0.1, 0.15) is 0 Å². The molecule has 0 aliphatic carbocycles. The molecule has 0 aliphatic heterocycles. The third-order valence-electron chi connectivity index (χ3n) is 0.869. The fraction of sp³-hybridized carbons (Fsp3) is 1.00. The van der Waals surface area contributed by atoms with E-state index < -0.39 is 0 Å². The maximum absolute atomic E-state index is 8.45. The number of nitrogens with two attached hydrogens (primary N) is 1. The first-order valence-electron chi connectivity index (χ1n) is 2.77. The highest BCUT2D eigenvalue weighted by atomic mass is 35.5. The van der Waals surface area contributed by atoms with Crippen molar-refractivity contribution in [2.75, 3.05) is 19.8 Å². The Hall–Kier alpha value is 0.170. The van der Waals surface area contributed by atoms with Gasteiger partial charge < -0.3 is 15.6 Å². The van der Waals surface area contributed by atoms with Crippen LogP contribution in [-0.2, 0) is 4.74 Å². The number of aliphatic hydroxyl groups excluding tert-OH is 1. The summed E-state index contributed by atoms with van der Waals surface area (Å²) >= 11 is 0.